The van der Waals surface area contributed by atoms with Crippen molar-refractivity contribution >= 4 is 0 Å². The molecule has 4 rings (SSSR count). The predicted molar refractivity (Wildman–Crippen MR) is 228 cm³/mol. The van der Waals surface area contributed by atoms with E-state index in [1.54, 1.807) is 0 Å². The lowest BCUT2D eigenvalue weighted by Gasteiger charge is -2.02. The van der Waals surface area contributed by atoms with Gasteiger partial charge >= 0.3 is 0 Å². The first-order chi connectivity index (χ1) is 24.0. The highest BCUT2D eigenvalue weighted by Gasteiger charge is 1.96. The van der Waals surface area contributed by atoms with Gasteiger partial charge < -0.3 is 0 Å². The molecule has 0 amide bonds. The molecule has 0 aromatic rings. The topological polar surface area (TPSA) is 0 Å². The molecule has 0 bridgehead atoms. The second-order valence-electron chi connectivity index (χ2n) is 15.5. The molecule has 0 aliphatic heterocycles. The first-order valence-corrected chi connectivity index (χ1v) is 22.6. The number of allylic oxidation sites excluding steroid dienone is 8. The summed E-state index contributed by atoms with van der Waals surface area (Å²) in [6.07, 6.45) is 76.0. The van der Waals surface area contributed by atoms with Crippen molar-refractivity contribution in [2.75, 3.05) is 0 Å². The van der Waals surface area contributed by atoms with Gasteiger partial charge in [0, 0.05) is 0 Å². The molecule has 0 unspecified atom stereocenters. The molecule has 4 aliphatic carbocycles. The Kier molecular flexibility index (Phi) is 44.0. The lowest BCUT2D eigenvalue weighted by atomic mass is 10.0. The molecule has 288 valence electrons. The second-order valence-corrected chi connectivity index (χ2v) is 15.5. The fourth-order valence-corrected chi connectivity index (χ4v) is 7.28. The van der Waals surface area contributed by atoms with Gasteiger partial charge in [-0.15, -0.1) is 0 Å². The minimum Gasteiger partial charge on any atom is -0.0885 e. The second kappa shape index (κ2) is 45.0. The van der Waals surface area contributed by atoms with E-state index >= 15 is 0 Å². The normalized spacial score (nSPS) is 22.2. The van der Waals surface area contributed by atoms with Crippen LogP contribution in [-0.2, 0) is 0 Å². The van der Waals surface area contributed by atoms with Crippen LogP contribution in [0.5, 0.6) is 0 Å². The highest BCUT2D eigenvalue weighted by Crippen LogP contribution is 2.16. The molecule has 49 heavy (non-hydrogen) atoms. The summed E-state index contributed by atoms with van der Waals surface area (Å²) < 4.78 is 0. The Morgan fingerprint density at radius 2 is 0.204 bits per heavy atom. The van der Waals surface area contributed by atoms with E-state index in [1.165, 1.54) is 257 Å². The molecule has 0 spiro atoms. The van der Waals surface area contributed by atoms with Gasteiger partial charge in [-0.25, -0.2) is 0 Å². The van der Waals surface area contributed by atoms with E-state index in [1.807, 2.05) is 0 Å². The third-order valence-corrected chi connectivity index (χ3v) is 10.6. The summed E-state index contributed by atoms with van der Waals surface area (Å²) in [5, 5.41) is 0. The summed E-state index contributed by atoms with van der Waals surface area (Å²) in [7, 11) is 0. The maximum atomic E-state index is 2.38. The Balaban J connectivity index is 0.000000623. The fraction of sp³-hybridized carbons (Fsp3) is 0.837. The maximum Gasteiger partial charge on any atom is -0.0351 e. The van der Waals surface area contributed by atoms with Gasteiger partial charge in [0.1, 0.15) is 0 Å². The summed E-state index contributed by atoms with van der Waals surface area (Å²) >= 11 is 0. The standard InChI is InChI=1S/4C12H22.CH4/c4*1-2-4-6-8-10-12-11-9-7-5-3-1;/h4*1-2H,3-12H2;1H4. The molecule has 0 saturated heterocycles. The molecule has 0 fully saturated rings. The quantitative estimate of drug-likeness (QED) is 0.223. The number of rotatable bonds is 0. The molecule has 0 nitrogen and oxygen atoms in total. The number of hydrogen-bond acceptors (Lipinski definition) is 0. The Labute approximate surface area is 311 Å². The van der Waals surface area contributed by atoms with Crippen molar-refractivity contribution in [2.24, 2.45) is 0 Å². The van der Waals surface area contributed by atoms with Crippen molar-refractivity contribution in [3.05, 3.63) is 48.6 Å². The lowest BCUT2D eigenvalue weighted by Crippen LogP contribution is -1.82. The van der Waals surface area contributed by atoms with Crippen LogP contribution in [0.4, 0.5) is 0 Å². The zero-order chi connectivity index (χ0) is 33.9. The average molecular weight is 681 g/mol. The van der Waals surface area contributed by atoms with Gasteiger partial charge in [0.05, 0.1) is 0 Å². The van der Waals surface area contributed by atoms with E-state index < -0.39 is 0 Å². The molecule has 0 saturated carbocycles. The van der Waals surface area contributed by atoms with Crippen molar-refractivity contribution in [3.8, 4) is 0 Å². The first-order valence-electron chi connectivity index (χ1n) is 22.6. The van der Waals surface area contributed by atoms with Gasteiger partial charge in [-0.3, -0.25) is 0 Å². The van der Waals surface area contributed by atoms with Gasteiger partial charge in [-0.1, -0.05) is 210 Å². The molecular weight excluding hydrogens is 589 g/mol. The van der Waals surface area contributed by atoms with Gasteiger partial charge in [0.2, 0.25) is 0 Å². The van der Waals surface area contributed by atoms with Gasteiger partial charge in [-0.05, 0) is 103 Å². The molecule has 0 N–H and O–H groups in total. The highest BCUT2D eigenvalue weighted by molar-refractivity contribution is 4.83. The Morgan fingerprint density at radius 1 is 0.122 bits per heavy atom. The first kappa shape index (κ1) is 48.0. The summed E-state index contributed by atoms with van der Waals surface area (Å²) in [4.78, 5) is 0. The van der Waals surface area contributed by atoms with Crippen LogP contribution >= 0.6 is 0 Å². The van der Waals surface area contributed by atoms with Crippen LogP contribution in [0.15, 0.2) is 48.6 Å². The Bertz CT molecular complexity index is 517. The third-order valence-electron chi connectivity index (χ3n) is 10.6. The molecule has 0 heterocycles. The van der Waals surface area contributed by atoms with E-state index in [9.17, 15) is 0 Å². The minimum atomic E-state index is 0. The average Bonchev–Trinajstić information content (AvgIpc) is 3.07. The van der Waals surface area contributed by atoms with Crippen LogP contribution in [0.3, 0.4) is 0 Å². The molecule has 0 heteroatoms. The van der Waals surface area contributed by atoms with Gasteiger partial charge in [0.15, 0.2) is 0 Å². The van der Waals surface area contributed by atoms with E-state index in [4.69, 9.17) is 0 Å². The smallest absolute Gasteiger partial charge is 0.0351 e. The summed E-state index contributed by atoms with van der Waals surface area (Å²) in [5.41, 5.74) is 0. The zero-order valence-corrected chi connectivity index (χ0v) is 32.9. The van der Waals surface area contributed by atoms with Crippen molar-refractivity contribution in [2.45, 2.75) is 264 Å². The van der Waals surface area contributed by atoms with E-state index in [0.717, 1.165) is 0 Å². The van der Waals surface area contributed by atoms with Crippen LogP contribution in [0.1, 0.15) is 264 Å². The molecule has 0 aromatic heterocycles. The minimum absolute atomic E-state index is 0. The van der Waals surface area contributed by atoms with Crippen molar-refractivity contribution in [1.82, 2.24) is 0 Å². The molecule has 0 aromatic carbocycles. The zero-order valence-electron chi connectivity index (χ0n) is 32.9. The van der Waals surface area contributed by atoms with Crippen molar-refractivity contribution in [1.29, 1.82) is 0 Å². The van der Waals surface area contributed by atoms with Crippen LogP contribution in [0.25, 0.3) is 0 Å². The van der Waals surface area contributed by atoms with Gasteiger partial charge in [0.25, 0.3) is 0 Å². The summed E-state index contributed by atoms with van der Waals surface area (Å²) in [6.45, 7) is 0. The fourth-order valence-electron chi connectivity index (χ4n) is 7.28. The third kappa shape index (κ3) is 43.0. The van der Waals surface area contributed by atoms with Crippen LogP contribution in [-0.4, -0.2) is 0 Å². The van der Waals surface area contributed by atoms with Crippen molar-refractivity contribution in [3.63, 3.8) is 0 Å². The van der Waals surface area contributed by atoms with Crippen molar-refractivity contribution < 1.29 is 0 Å². The molecular formula is C49H92. The highest BCUT2D eigenvalue weighted by atomic mass is 14.0. The van der Waals surface area contributed by atoms with E-state index in [0.29, 0.717) is 0 Å². The number of hydrogen-bond donors (Lipinski definition) is 0. The largest absolute Gasteiger partial charge is 0.0885 e. The Hall–Kier alpha value is -1.04. The van der Waals surface area contributed by atoms with E-state index in [2.05, 4.69) is 48.6 Å². The maximum absolute atomic E-state index is 2.38. The Morgan fingerprint density at radius 3 is 0.306 bits per heavy atom. The van der Waals surface area contributed by atoms with E-state index in [-0.39, 0.29) is 7.43 Å². The lowest BCUT2D eigenvalue weighted by molar-refractivity contribution is 0.566. The summed E-state index contributed by atoms with van der Waals surface area (Å²) in [6, 6.07) is 0. The van der Waals surface area contributed by atoms with Crippen LogP contribution < -0.4 is 0 Å². The molecule has 0 radical (unpaired) electrons. The molecule has 0 atom stereocenters. The van der Waals surface area contributed by atoms with Crippen LogP contribution in [0, 0.1) is 0 Å². The van der Waals surface area contributed by atoms with Crippen LogP contribution in [0.2, 0.25) is 0 Å². The summed E-state index contributed by atoms with van der Waals surface area (Å²) in [5.74, 6) is 0. The van der Waals surface area contributed by atoms with Gasteiger partial charge in [-0.2, -0.15) is 0 Å². The monoisotopic (exact) mass is 681 g/mol. The predicted octanol–water partition coefficient (Wildman–Crippen LogP) is 18.5. The SMILES string of the molecule is C.C1=CCCCCCCCCCC1.C1=CCCCCCCCCCC1.C1=CCCCCCCCCCC1.C1=CCCCCCCCCCC1. The molecule has 4 aliphatic rings.